The predicted molar refractivity (Wildman–Crippen MR) is 76.6 cm³/mol. The van der Waals surface area contributed by atoms with Crippen molar-refractivity contribution in [2.24, 2.45) is 11.7 Å². The summed E-state index contributed by atoms with van der Waals surface area (Å²) in [6, 6.07) is 6.16. The van der Waals surface area contributed by atoms with Crippen LogP contribution >= 0.6 is 0 Å². The SMILES string of the molecule is CC(CCN)CNCc1ccc2c(c1)OCCCO2. The largest absolute Gasteiger partial charge is 0.490 e. The Morgan fingerprint density at radius 2 is 2.05 bits per heavy atom. The molecule has 0 bridgehead atoms. The molecule has 4 heteroatoms. The van der Waals surface area contributed by atoms with Crippen LogP contribution in [0, 0.1) is 5.92 Å². The van der Waals surface area contributed by atoms with Crippen molar-refractivity contribution in [2.45, 2.75) is 26.3 Å². The summed E-state index contributed by atoms with van der Waals surface area (Å²) in [6.07, 6.45) is 2.01. The highest BCUT2D eigenvalue weighted by Crippen LogP contribution is 2.30. The molecule has 1 aliphatic heterocycles. The van der Waals surface area contributed by atoms with E-state index in [0.29, 0.717) is 5.92 Å². The summed E-state index contributed by atoms with van der Waals surface area (Å²) in [4.78, 5) is 0. The van der Waals surface area contributed by atoms with E-state index in [9.17, 15) is 0 Å². The summed E-state index contributed by atoms with van der Waals surface area (Å²) in [5.41, 5.74) is 6.77. The Labute approximate surface area is 115 Å². The Bertz CT molecular complexity index is 396. The molecule has 0 aromatic heterocycles. The molecule has 2 rings (SSSR count). The molecule has 0 spiro atoms. The number of ether oxygens (including phenoxy) is 2. The zero-order valence-electron chi connectivity index (χ0n) is 11.7. The van der Waals surface area contributed by atoms with Crippen LogP contribution in [0.1, 0.15) is 25.3 Å². The van der Waals surface area contributed by atoms with Crippen LogP contribution in [0.15, 0.2) is 18.2 Å². The van der Waals surface area contributed by atoms with Gasteiger partial charge in [-0.1, -0.05) is 13.0 Å². The summed E-state index contributed by atoms with van der Waals surface area (Å²) in [7, 11) is 0. The Kier molecular flexibility index (Phi) is 5.48. The van der Waals surface area contributed by atoms with E-state index in [2.05, 4.69) is 24.4 Å². The Hall–Kier alpha value is -1.26. The lowest BCUT2D eigenvalue weighted by Crippen LogP contribution is -2.22. The van der Waals surface area contributed by atoms with Crippen molar-refractivity contribution in [2.75, 3.05) is 26.3 Å². The summed E-state index contributed by atoms with van der Waals surface area (Å²) >= 11 is 0. The Morgan fingerprint density at radius 3 is 2.84 bits per heavy atom. The maximum atomic E-state index is 5.69. The quantitative estimate of drug-likeness (QED) is 0.824. The molecule has 1 heterocycles. The Morgan fingerprint density at radius 1 is 1.26 bits per heavy atom. The molecule has 4 nitrogen and oxygen atoms in total. The van der Waals surface area contributed by atoms with Crippen LogP contribution in [0.2, 0.25) is 0 Å². The number of hydrogen-bond acceptors (Lipinski definition) is 4. The maximum Gasteiger partial charge on any atom is 0.161 e. The zero-order chi connectivity index (χ0) is 13.5. The van der Waals surface area contributed by atoms with Crippen LogP contribution in [-0.2, 0) is 6.54 Å². The fourth-order valence-electron chi connectivity index (χ4n) is 2.17. The third-order valence-electron chi connectivity index (χ3n) is 3.29. The van der Waals surface area contributed by atoms with E-state index in [4.69, 9.17) is 15.2 Å². The third kappa shape index (κ3) is 4.40. The lowest BCUT2D eigenvalue weighted by molar-refractivity contribution is 0.297. The number of hydrogen-bond donors (Lipinski definition) is 2. The van der Waals surface area contributed by atoms with Gasteiger partial charge in [0.15, 0.2) is 11.5 Å². The Balaban J connectivity index is 1.86. The second-order valence-electron chi connectivity index (χ2n) is 5.14. The van der Waals surface area contributed by atoms with Gasteiger partial charge >= 0.3 is 0 Å². The smallest absolute Gasteiger partial charge is 0.161 e. The van der Waals surface area contributed by atoms with Crippen molar-refractivity contribution in [1.82, 2.24) is 5.32 Å². The molecular weight excluding hydrogens is 240 g/mol. The van der Waals surface area contributed by atoms with Crippen molar-refractivity contribution in [3.63, 3.8) is 0 Å². The fourth-order valence-corrected chi connectivity index (χ4v) is 2.17. The van der Waals surface area contributed by atoms with E-state index in [0.717, 1.165) is 57.2 Å². The van der Waals surface area contributed by atoms with Crippen molar-refractivity contribution in [3.05, 3.63) is 23.8 Å². The first kappa shape index (κ1) is 14.2. The van der Waals surface area contributed by atoms with Crippen LogP contribution < -0.4 is 20.5 Å². The fraction of sp³-hybridized carbons (Fsp3) is 0.600. The molecule has 0 amide bonds. The molecule has 0 fully saturated rings. The number of nitrogens with one attached hydrogen (secondary N) is 1. The van der Waals surface area contributed by atoms with E-state index < -0.39 is 0 Å². The molecular formula is C15H24N2O2. The van der Waals surface area contributed by atoms with Gasteiger partial charge in [0.25, 0.3) is 0 Å². The average Bonchev–Trinajstić information content (AvgIpc) is 2.63. The first-order valence-corrected chi connectivity index (χ1v) is 7.09. The minimum absolute atomic E-state index is 0.616. The molecule has 1 atom stereocenters. The maximum absolute atomic E-state index is 5.69. The topological polar surface area (TPSA) is 56.5 Å². The van der Waals surface area contributed by atoms with Gasteiger partial charge in [0.2, 0.25) is 0 Å². The molecule has 106 valence electrons. The van der Waals surface area contributed by atoms with E-state index in [1.807, 2.05) is 6.07 Å². The number of benzene rings is 1. The second-order valence-corrected chi connectivity index (χ2v) is 5.14. The van der Waals surface area contributed by atoms with Gasteiger partial charge in [0, 0.05) is 13.0 Å². The van der Waals surface area contributed by atoms with Crippen molar-refractivity contribution >= 4 is 0 Å². The standard InChI is InChI=1S/C15H24N2O2/c1-12(5-6-16)10-17-11-13-3-4-14-15(9-13)19-8-2-7-18-14/h3-4,9,12,17H,2,5-8,10-11,16H2,1H3. The lowest BCUT2D eigenvalue weighted by Gasteiger charge is -2.13. The molecule has 0 saturated heterocycles. The summed E-state index contributed by atoms with van der Waals surface area (Å²) in [5, 5.41) is 3.46. The zero-order valence-corrected chi connectivity index (χ0v) is 11.7. The highest BCUT2D eigenvalue weighted by molar-refractivity contribution is 5.43. The van der Waals surface area contributed by atoms with Crippen LogP contribution in [0.4, 0.5) is 0 Å². The molecule has 0 saturated carbocycles. The molecule has 19 heavy (non-hydrogen) atoms. The van der Waals surface area contributed by atoms with Crippen molar-refractivity contribution < 1.29 is 9.47 Å². The normalized spacial score (nSPS) is 15.9. The van der Waals surface area contributed by atoms with Crippen LogP contribution in [-0.4, -0.2) is 26.3 Å². The van der Waals surface area contributed by atoms with Crippen molar-refractivity contribution in [1.29, 1.82) is 0 Å². The third-order valence-corrected chi connectivity index (χ3v) is 3.29. The van der Waals surface area contributed by atoms with Crippen LogP contribution in [0.25, 0.3) is 0 Å². The molecule has 1 aromatic carbocycles. The highest BCUT2D eigenvalue weighted by Gasteiger charge is 2.10. The van der Waals surface area contributed by atoms with Gasteiger partial charge in [0.05, 0.1) is 13.2 Å². The van der Waals surface area contributed by atoms with E-state index in [-0.39, 0.29) is 0 Å². The van der Waals surface area contributed by atoms with Gasteiger partial charge in [-0.3, -0.25) is 0 Å². The van der Waals surface area contributed by atoms with Gasteiger partial charge in [-0.25, -0.2) is 0 Å². The molecule has 1 unspecified atom stereocenters. The summed E-state index contributed by atoms with van der Waals surface area (Å²) in [6.45, 7) is 6.29. The molecule has 3 N–H and O–H groups in total. The highest BCUT2D eigenvalue weighted by atomic mass is 16.5. The summed E-state index contributed by atoms with van der Waals surface area (Å²) in [5.74, 6) is 2.34. The number of rotatable bonds is 6. The van der Waals surface area contributed by atoms with Gasteiger partial charge in [-0.15, -0.1) is 0 Å². The van der Waals surface area contributed by atoms with Gasteiger partial charge < -0.3 is 20.5 Å². The number of nitrogens with two attached hydrogens (primary N) is 1. The first-order chi connectivity index (χ1) is 9.29. The predicted octanol–water partition coefficient (Wildman–Crippen LogP) is 1.92. The summed E-state index contributed by atoms with van der Waals surface area (Å²) < 4.78 is 11.3. The minimum atomic E-state index is 0.616. The van der Waals surface area contributed by atoms with Crippen molar-refractivity contribution in [3.8, 4) is 11.5 Å². The van der Waals surface area contributed by atoms with Crippen LogP contribution in [0.3, 0.4) is 0 Å². The number of fused-ring (bicyclic) bond motifs is 1. The van der Waals surface area contributed by atoms with Gasteiger partial charge in [0.1, 0.15) is 0 Å². The van der Waals surface area contributed by atoms with E-state index in [1.54, 1.807) is 0 Å². The average molecular weight is 264 g/mol. The van der Waals surface area contributed by atoms with E-state index >= 15 is 0 Å². The van der Waals surface area contributed by atoms with Gasteiger partial charge in [-0.2, -0.15) is 0 Å². The lowest BCUT2D eigenvalue weighted by atomic mass is 10.1. The molecule has 1 aromatic rings. The van der Waals surface area contributed by atoms with E-state index in [1.165, 1.54) is 5.56 Å². The molecule has 0 aliphatic carbocycles. The molecule has 0 radical (unpaired) electrons. The van der Waals surface area contributed by atoms with Gasteiger partial charge in [-0.05, 0) is 43.1 Å². The first-order valence-electron chi connectivity index (χ1n) is 7.09. The minimum Gasteiger partial charge on any atom is -0.490 e. The second kappa shape index (κ2) is 7.36. The molecule has 1 aliphatic rings. The van der Waals surface area contributed by atoms with Crippen LogP contribution in [0.5, 0.6) is 11.5 Å². The monoisotopic (exact) mass is 264 g/mol.